The van der Waals surface area contributed by atoms with Crippen molar-refractivity contribution in [2.24, 2.45) is 5.92 Å². The lowest BCUT2D eigenvalue weighted by molar-refractivity contribution is 0.454. The summed E-state index contributed by atoms with van der Waals surface area (Å²) in [5.41, 5.74) is 0. The van der Waals surface area contributed by atoms with Crippen LogP contribution in [0.5, 0.6) is 0 Å². The third-order valence-corrected chi connectivity index (χ3v) is 5.10. The maximum absolute atomic E-state index is 11.9. The molecule has 6 heteroatoms. The van der Waals surface area contributed by atoms with Gasteiger partial charge in [-0.25, -0.2) is 12.7 Å². The Labute approximate surface area is 105 Å². The van der Waals surface area contributed by atoms with Gasteiger partial charge in [-0.2, -0.15) is 0 Å². The highest BCUT2D eigenvalue weighted by atomic mass is 35.5. The molecule has 0 radical (unpaired) electrons. The first-order chi connectivity index (χ1) is 7.06. The van der Waals surface area contributed by atoms with Gasteiger partial charge in [0.1, 0.15) is 0 Å². The van der Waals surface area contributed by atoms with Gasteiger partial charge >= 0.3 is 0 Å². The van der Waals surface area contributed by atoms with Gasteiger partial charge in [-0.05, 0) is 25.8 Å². The average Bonchev–Trinajstić information content (AvgIpc) is 2.65. The second kappa shape index (κ2) is 7.48. The van der Waals surface area contributed by atoms with Crippen LogP contribution in [0.1, 0.15) is 25.7 Å². The van der Waals surface area contributed by atoms with Gasteiger partial charge in [-0.1, -0.05) is 12.8 Å². The molecular weight excluding hydrogens is 248 g/mol. The van der Waals surface area contributed by atoms with Crippen LogP contribution in [-0.4, -0.2) is 45.7 Å². The summed E-state index contributed by atoms with van der Waals surface area (Å²) in [6.45, 7) is 1.27. The standard InChI is InChI=1S/C10H22N2O2S.ClH/c1-11-7-8-12(2)15(13,14)9-10-5-3-4-6-10;/h10-11H,3-9H2,1-2H3;1H. The van der Waals surface area contributed by atoms with Gasteiger partial charge in [-0.3, -0.25) is 0 Å². The fourth-order valence-electron chi connectivity index (χ4n) is 2.01. The third kappa shape index (κ3) is 4.99. The topological polar surface area (TPSA) is 49.4 Å². The third-order valence-electron chi connectivity index (χ3n) is 3.07. The van der Waals surface area contributed by atoms with Gasteiger partial charge in [0.15, 0.2) is 0 Å². The summed E-state index contributed by atoms with van der Waals surface area (Å²) in [6, 6.07) is 0. The van der Waals surface area contributed by atoms with Gasteiger partial charge in [0.2, 0.25) is 10.0 Å². The van der Waals surface area contributed by atoms with Gasteiger partial charge in [0, 0.05) is 20.1 Å². The Bertz CT molecular complexity index is 277. The Morgan fingerprint density at radius 1 is 1.31 bits per heavy atom. The molecule has 0 heterocycles. The minimum absolute atomic E-state index is 0. The van der Waals surface area contributed by atoms with Crippen molar-refractivity contribution in [1.29, 1.82) is 0 Å². The van der Waals surface area contributed by atoms with Gasteiger partial charge in [0.25, 0.3) is 0 Å². The molecule has 16 heavy (non-hydrogen) atoms. The first kappa shape index (κ1) is 16.2. The van der Waals surface area contributed by atoms with E-state index in [1.807, 2.05) is 7.05 Å². The molecule has 0 spiro atoms. The molecule has 1 N–H and O–H groups in total. The Kier molecular flexibility index (Phi) is 7.55. The second-order valence-corrected chi connectivity index (χ2v) is 6.47. The molecule has 0 unspecified atom stereocenters. The molecule has 1 fully saturated rings. The molecule has 0 aromatic carbocycles. The smallest absolute Gasteiger partial charge is 0.214 e. The number of likely N-dealkylation sites (N-methyl/N-ethyl adjacent to an activating group) is 2. The molecule has 0 bridgehead atoms. The molecule has 0 aromatic rings. The maximum Gasteiger partial charge on any atom is 0.214 e. The van der Waals surface area contributed by atoms with Crippen molar-refractivity contribution >= 4 is 22.4 Å². The molecule has 1 aliphatic rings. The quantitative estimate of drug-likeness (QED) is 0.786. The number of nitrogens with zero attached hydrogens (tertiary/aromatic N) is 1. The van der Waals surface area contributed by atoms with E-state index in [9.17, 15) is 8.42 Å². The van der Waals surface area contributed by atoms with Gasteiger partial charge in [0.05, 0.1) is 5.75 Å². The summed E-state index contributed by atoms with van der Waals surface area (Å²) in [5, 5.41) is 2.96. The Morgan fingerprint density at radius 2 is 1.88 bits per heavy atom. The van der Waals surface area contributed by atoms with Gasteiger partial charge < -0.3 is 5.32 Å². The van der Waals surface area contributed by atoms with E-state index in [4.69, 9.17) is 0 Å². The summed E-state index contributed by atoms with van der Waals surface area (Å²) < 4.78 is 25.3. The van der Waals surface area contributed by atoms with Crippen LogP contribution >= 0.6 is 12.4 Å². The van der Waals surface area contributed by atoms with Crippen LogP contribution in [0.25, 0.3) is 0 Å². The minimum atomic E-state index is -3.02. The maximum atomic E-state index is 11.9. The van der Waals surface area contributed by atoms with E-state index in [0.717, 1.165) is 12.8 Å². The number of sulfonamides is 1. The predicted molar refractivity (Wildman–Crippen MR) is 69.5 cm³/mol. The SMILES string of the molecule is CNCCN(C)S(=O)(=O)CC1CCCC1.Cl. The van der Waals surface area contributed by atoms with Crippen LogP contribution in [0.3, 0.4) is 0 Å². The van der Waals surface area contributed by atoms with Crippen molar-refractivity contribution in [3.05, 3.63) is 0 Å². The lowest BCUT2D eigenvalue weighted by Gasteiger charge is -2.19. The highest BCUT2D eigenvalue weighted by Crippen LogP contribution is 2.26. The fourth-order valence-corrected chi connectivity index (χ4v) is 3.56. The number of hydrogen-bond donors (Lipinski definition) is 1. The van der Waals surface area contributed by atoms with E-state index >= 15 is 0 Å². The zero-order valence-electron chi connectivity index (χ0n) is 10.1. The van der Waals surface area contributed by atoms with Crippen molar-refractivity contribution in [2.45, 2.75) is 25.7 Å². The summed E-state index contributed by atoms with van der Waals surface area (Å²) >= 11 is 0. The molecule has 1 rings (SSSR count). The normalized spacial score (nSPS) is 17.7. The Morgan fingerprint density at radius 3 is 2.38 bits per heavy atom. The lowest BCUT2D eigenvalue weighted by atomic mass is 10.1. The number of nitrogens with one attached hydrogen (secondary N) is 1. The summed E-state index contributed by atoms with van der Waals surface area (Å²) in [7, 11) is 0.476. The predicted octanol–water partition coefficient (Wildman–Crippen LogP) is 1.08. The van der Waals surface area contributed by atoms with Crippen LogP contribution in [0.2, 0.25) is 0 Å². The van der Waals surface area contributed by atoms with E-state index in [-0.39, 0.29) is 12.4 Å². The molecule has 0 aromatic heterocycles. The van der Waals surface area contributed by atoms with Crippen LogP contribution < -0.4 is 5.32 Å². The first-order valence-corrected chi connectivity index (χ1v) is 7.26. The molecule has 4 nitrogen and oxygen atoms in total. The zero-order chi connectivity index (χ0) is 11.3. The number of halogens is 1. The van der Waals surface area contributed by atoms with Crippen LogP contribution in [0, 0.1) is 5.92 Å². The Hall–Kier alpha value is 0.160. The van der Waals surface area contributed by atoms with Crippen molar-refractivity contribution in [3.63, 3.8) is 0 Å². The highest BCUT2D eigenvalue weighted by molar-refractivity contribution is 7.89. The van der Waals surface area contributed by atoms with Crippen molar-refractivity contribution < 1.29 is 8.42 Å². The average molecular weight is 271 g/mol. The molecule has 1 aliphatic carbocycles. The van der Waals surface area contributed by atoms with E-state index in [0.29, 0.717) is 24.8 Å². The van der Waals surface area contributed by atoms with Crippen LogP contribution in [0.15, 0.2) is 0 Å². The number of hydrogen-bond acceptors (Lipinski definition) is 3. The summed E-state index contributed by atoms with van der Waals surface area (Å²) in [6.07, 6.45) is 4.55. The lowest BCUT2D eigenvalue weighted by Crippen LogP contribution is -2.35. The van der Waals surface area contributed by atoms with Crippen molar-refractivity contribution in [1.82, 2.24) is 9.62 Å². The van der Waals surface area contributed by atoms with E-state index in [1.165, 1.54) is 17.1 Å². The first-order valence-electron chi connectivity index (χ1n) is 5.65. The molecule has 0 saturated heterocycles. The minimum Gasteiger partial charge on any atom is -0.318 e. The molecular formula is C10H23ClN2O2S. The molecule has 0 amide bonds. The van der Waals surface area contributed by atoms with E-state index in [2.05, 4.69) is 5.32 Å². The molecule has 98 valence electrons. The highest BCUT2D eigenvalue weighted by Gasteiger charge is 2.25. The molecule has 1 saturated carbocycles. The monoisotopic (exact) mass is 270 g/mol. The second-order valence-electron chi connectivity index (χ2n) is 4.35. The summed E-state index contributed by atoms with van der Waals surface area (Å²) in [4.78, 5) is 0. The molecule has 0 aliphatic heterocycles. The number of rotatable bonds is 6. The Balaban J connectivity index is 0.00000225. The zero-order valence-corrected chi connectivity index (χ0v) is 11.7. The van der Waals surface area contributed by atoms with E-state index < -0.39 is 10.0 Å². The largest absolute Gasteiger partial charge is 0.318 e. The van der Waals surface area contributed by atoms with E-state index in [1.54, 1.807) is 7.05 Å². The fraction of sp³-hybridized carbons (Fsp3) is 1.00. The van der Waals surface area contributed by atoms with Crippen LogP contribution in [0.4, 0.5) is 0 Å². The van der Waals surface area contributed by atoms with Crippen molar-refractivity contribution in [3.8, 4) is 0 Å². The van der Waals surface area contributed by atoms with Crippen molar-refractivity contribution in [2.75, 3.05) is 32.9 Å². The summed E-state index contributed by atoms with van der Waals surface area (Å²) in [5.74, 6) is 0.736. The van der Waals surface area contributed by atoms with Crippen LogP contribution in [-0.2, 0) is 10.0 Å². The van der Waals surface area contributed by atoms with Gasteiger partial charge in [-0.15, -0.1) is 12.4 Å². The molecule has 0 atom stereocenters.